The van der Waals surface area contributed by atoms with Gasteiger partial charge in [0, 0.05) is 15.5 Å². The highest BCUT2D eigenvalue weighted by Crippen LogP contribution is 2.27. The maximum absolute atomic E-state index is 12.7. The van der Waals surface area contributed by atoms with E-state index in [0.717, 1.165) is 16.3 Å². The van der Waals surface area contributed by atoms with Crippen LogP contribution in [0, 0.1) is 0 Å². The average Bonchev–Trinajstić information content (AvgIpc) is 2.16. The summed E-state index contributed by atoms with van der Waals surface area (Å²) in [6.07, 6.45) is 0.766. The van der Waals surface area contributed by atoms with E-state index in [0.29, 0.717) is 5.56 Å². The first-order valence-corrected chi connectivity index (χ1v) is 5.11. The van der Waals surface area contributed by atoms with Gasteiger partial charge in [-0.25, -0.2) is 0 Å². The summed E-state index contributed by atoms with van der Waals surface area (Å²) in [4.78, 5) is 10.6. The van der Waals surface area contributed by atoms with Crippen molar-refractivity contribution in [3.05, 3.63) is 33.8 Å². The zero-order valence-electron chi connectivity index (χ0n) is 8.18. The van der Waals surface area contributed by atoms with Gasteiger partial charge in [-0.1, -0.05) is 29.8 Å². The predicted octanol–water partition coefficient (Wildman–Crippen LogP) is 3.51. The molecular formula is C11H12BrFO. The van der Waals surface area contributed by atoms with Crippen molar-refractivity contribution >= 4 is 22.2 Å². The molecule has 0 saturated carbocycles. The molecule has 0 N–H and O–H groups in total. The number of hydrogen-bond acceptors (Lipinski definition) is 1. The molecule has 0 bridgehead atoms. The van der Waals surface area contributed by atoms with Crippen molar-refractivity contribution in [2.75, 3.05) is 6.67 Å². The average molecular weight is 259 g/mol. The monoisotopic (exact) mass is 258 g/mol. The number of hydrogen-bond donors (Lipinski definition) is 0. The molecule has 1 rings (SSSR count). The molecule has 0 aromatic heterocycles. The lowest BCUT2D eigenvalue weighted by molar-refractivity contribution is 0.112. The van der Waals surface area contributed by atoms with Gasteiger partial charge in [-0.2, -0.15) is 0 Å². The number of carbonyl (C=O) groups is 1. The standard InChI is InChI=1S/C11H12BrFO/c1-11(2,7-13)9-3-8(6-14)4-10(12)5-9/h3-6H,7H2,1-2H3. The van der Waals surface area contributed by atoms with E-state index in [2.05, 4.69) is 15.9 Å². The number of rotatable bonds is 3. The van der Waals surface area contributed by atoms with Gasteiger partial charge in [0.25, 0.3) is 0 Å². The number of alkyl halides is 1. The summed E-state index contributed by atoms with van der Waals surface area (Å²) in [6, 6.07) is 5.27. The Morgan fingerprint density at radius 1 is 1.43 bits per heavy atom. The van der Waals surface area contributed by atoms with Gasteiger partial charge in [-0.15, -0.1) is 0 Å². The molecular weight excluding hydrogens is 247 g/mol. The van der Waals surface area contributed by atoms with Crippen LogP contribution in [0.25, 0.3) is 0 Å². The summed E-state index contributed by atoms with van der Waals surface area (Å²) in [5.41, 5.74) is 0.856. The molecule has 0 fully saturated rings. The Balaban J connectivity index is 3.21. The predicted molar refractivity (Wildman–Crippen MR) is 58.5 cm³/mol. The summed E-state index contributed by atoms with van der Waals surface area (Å²) >= 11 is 3.29. The van der Waals surface area contributed by atoms with Gasteiger partial charge in [-0.3, -0.25) is 9.18 Å². The summed E-state index contributed by atoms with van der Waals surface area (Å²) in [7, 11) is 0. The smallest absolute Gasteiger partial charge is 0.150 e. The Hall–Kier alpha value is -0.700. The van der Waals surface area contributed by atoms with Gasteiger partial charge in [0.2, 0.25) is 0 Å². The third-order valence-electron chi connectivity index (χ3n) is 2.17. The van der Waals surface area contributed by atoms with Crippen LogP contribution in [0.15, 0.2) is 22.7 Å². The summed E-state index contributed by atoms with van der Waals surface area (Å²) in [5, 5.41) is 0. The molecule has 1 nitrogen and oxygen atoms in total. The van der Waals surface area contributed by atoms with Gasteiger partial charge < -0.3 is 0 Å². The molecule has 0 atom stereocenters. The maximum atomic E-state index is 12.7. The number of benzene rings is 1. The van der Waals surface area contributed by atoms with Crippen molar-refractivity contribution in [2.24, 2.45) is 0 Å². The quantitative estimate of drug-likeness (QED) is 0.759. The molecule has 0 aliphatic heterocycles. The molecule has 1 aromatic carbocycles. The first kappa shape index (κ1) is 11.4. The van der Waals surface area contributed by atoms with E-state index >= 15 is 0 Å². The molecule has 0 unspecified atom stereocenters. The number of halogens is 2. The third-order valence-corrected chi connectivity index (χ3v) is 2.63. The fourth-order valence-corrected chi connectivity index (χ4v) is 1.66. The van der Waals surface area contributed by atoms with Crippen molar-refractivity contribution in [2.45, 2.75) is 19.3 Å². The lowest BCUT2D eigenvalue weighted by atomic mass is 9.85. The lowest BCUT2D eigenvalue weighted by Crippen LogP contribution is -2.19. The summed E-state index contributed by atoms with van der Waals surface area (Å²) in [6.45, 7) is 3.18. The lowest BCUT2D eigenvalue weighted by Gasteiger charge is -2.21. The molecule has 0 aliphatic rings. The van der Waals surface area contributed by atoms with Crippen LogP contribution in [-0.4, -0.2) is 13.0 Å². The van der Waals surface area contributed by atoms with Gasteiger partial charge in [0.15, 0.2) is 0 Å². The SMILES string of the molecule is CC(C)(CF)c1cc(Br)cc(C=O)c1. The molecule has 0 amide bonds. The fourth-order valence-electron chi connectivity index (χ4n) is 1.15. The van der Waals surface area contributed by atoms with Crippen molar-refractivity contribution in [3.8, 4) is 0 Å². The van der Waals surface area contributed by atoms with Crippen molar-refractivity contribution in [3.63, 3.8) is 0 Å². The van der Waals surface area contributed by atoms with E-state index in [-0.39, 0.29) is 0 Å². The molecule has 0 spiro atoms. The van der Waals surface area contributed by atoms with Gasteiger partial charge in [-0.05, 0) is 23.8 Å². The van der Waals surface area contributed by atoms with Gasteiger partial charge >= 0.3 is 0 Å². The minimum absolute atomic E-state index is 0.443. The summed E-state index contributed by atoms with van der Waals surface area (Å²) < 4.78 is 13.5. The van der Waals surface area contributed by atoms with Crippen LogP contribution in [0.2, 0.25) is 0 Å². The zero-order chi connectivity index (χ0) is 10.8. The van der Waals surface area contributed by atoms with E-state index in [1.807, 2.05) is 19.9 Å². The molecule has 0 saturated heterocycles. The minimum Gasteiger partial charge on any atom is -0.298 e. The van der Waals surface area contributed by atoms with E-state index in [1.165, 1.54) is 0 Å². The Kier molecular flexibility index (Phi) is 3.43. The number of aldehydes is 1. The maximum Gasteiger partial charge on any atom is 0.150 e. The third kappa shape index (κ3) is 2.41. The van der Waals surface area contributed by atoms with Crippen LogP contribution >= 0.6 is 15.9 Å². The highest BCUT2D eigenvalue weighted by molar-refractivity contribution is 9.10. The van der Waals surface area contributed by atoms with Crippen molar-refractivity contribution < 1.29 is 9.18 Å². The molecule has 14 heavy (non-hydrogen) atoms. The highest BCUT2D eigenvalue weighted by atomic mass is 79.9. The Morgan fingerprint density at radius 2 is 2.07 bits per heavy atom. The number of carbonyl (C=O) groups excluding carboxylic acids is 1. The second-order valence-corrected chi connectivity index (χ2v) is 4.82. The minimum atomic E-state index is -0.540. The topological polar surface area (TPSA) is 17.1 Å². The van der Waals surface area contributed by atoms with Crippen molar-refractivity contribution in [1.82, 2.24) is 0 Å². The van der Waals surface area contributed by atoms with Crippen LogP contribution in [-0.2, 0) is 5.41 Å². The van der Waals surface area contributed by atoms with Crippen LogP contribution in [0.3, 0.4) is 0 Å². The van der Waals surface area contributed by atoms with Crippen LogP contribution < -0.4 is 0 Å². The fraction of sp³-hybridized carbons (Fsp3) is 0.364. The van der Waals surface area contributed by atoms with E-state index < -0.39 is 12.1 Å². The Labute approximate surface area is 91.5 Å². The largest absolute Gasteiger partial charge is 0.298 e. The second kappa shape index (κ2) is 4.22. The first-order valence-electron chi connectivity index (χ1n) is 4.32. The molecule has 3 heteroatoms. The van der Waals surface area contributed by atoms with Crippen LogP contribution in [0.1, 0.15) is 29.8 Å². The van der Waals surface area contributed by atoms with E-state index in [9.17, 15) is 9.18 Å². The molecule has 0 radical (unpaired) electrons. The normalized spacial score (nSPS) is 11.4. The Bertz CT molecular complexity index is 347. The van der Waals surface area contributed by atoms with Gasteiger partial charge in [0.05, 0.1) is 6.67 Å². The zero-order valence-corrected chi connectivity index (χ0v) is 9.77. The highest BCUT2D eigenvalue weighted by Gasteiger charge is 2.21. The van der Waals surface area contributed by atoms with Crippen molar-refractivity contribution in [1.29, 1.82) is 0 Å². The Morgan fingerprint density at radius 3 is 2.57 bits per heavy atom. The van der Waals surface area contributed by atoms with E-state index in [1.54, 1.807) is 12.1 Å². The molecule has 1 aromatic rings. The van der Waals surface area contributed by atoms with E-state index in [4.69, 9.17) is 0 Å². The van der Waals surface area contributed by atoms with Crippen LogP contribution in [0.5, 0.6) is 0 Å². The second-order valence-electron chi connectivity index (χ2n) is 3.91. The summed E-state index contributed by atoms with van der Waals surface area (Å²) in [5.74, 6) is 0. The van der Waals surface area contributed by atoms with Crippen LogP contribution in [0.4, 0.5) is 4.39 Å². The molecule has 0 aliphatic carbocycles. The molecule has 76 valence electrons. The molecule has 0 heterocycles. The first-order chi connectivity index (χ1) is 6.49. The van der Waals surface area contributed by atoms with Gasteiger partial charge in [0.1, 0.15) is 6.29 Å².